The van der Waals surface area contributed by atoms with Gasteiger partial charge in [0.05, 0.1) is 0 Å². The zero-order valence-corrected chi connectivity index (χ0v) is 17.0. The van der Waals surface area contributed by atoms with Gasteiger partial charge in [-0.1, -0.05) is 0 Å². The molecule has 0 unspecified atom stereocenters. The summed E-state index contributed by atoms with van der Waals surface area (Å²) in [6.45, 7) is 0. The largest absolute Gasteiger partial charge is 0 e. The van der Waals surface area contributed by atoms with E-state index in [4.69, 9.17) is 0 Å². The predicted octanol–water partition coefficient (Wildman–Crippen LogP) is -0.0125. The Kier molecular flexibility index (Phi) is 148. The molecule has 0 saturated carbocycles. The maximum absolute atomic E-state index is 0. The number of rotatable bonds is 0. The van der Waals surface area contributed by atoms with Crippen molar-refractivity contribution in [3.8, 4) is 0 Å². The van der Waals surface area contributed by atoms with Gasteiger partial charge in [-0.3, -0.25) is 0 Å². The maximum atomic E-state index is 0. The first-order valence-corrected chi connectivity index (χ1v) is 0. The van der Waals surface area contributed by atoms with E-state index >= 15 is 0 Å². The van der Waals surface area contributed by atoms with Gasteiger partial charge in [-0.2, -0.15) is 0 Å². The molecule has 0 rings (SSSR count). The van der Waals surface area contributed by atoms with Gasteiger partial charge < -0.3 is 0 Å². The van der Waals surface area contributed by atoms with Gasteiger partial charge in [0.25, 0.3) is 0 Å². The first kappa shape index (κ1) is 32.1. The summed E-state index contributed by atoms with van der Waals surface area (Å²) in [6, 6.07) is 0. The molecule has 0 aliphatic rings. The van der Waals surface area contributed by atoms with E-state index in [2.05, 4.69) is 0 Å². The van der Waals surface area contributed by atoms with E-state index in [9.17, 15) is 0 Å². The minimum atomic E-state index is 0. The molecule has 18 valence electrons. The van der Waals surface area contributed by atoms with Crippen LogP contribution in [0.25, 0.3) is 0 Å². The number of hydrogen-bond donors (Lipinski definition) is 0. The predicted molar refractivity (Wildman–Crippen MR) is 0 cm³/mol. The first-order chi connectivity index (χ1) is 0. The Morgan fingerprint density at radius 2 is 0.400 bits per heavy atom. The van der Waals surface area contributed by atoms with Crippen LogP contribution in [0.2, 0.25) is 0 Å². The SMILES string of the molecule is [W].[Y].[Y].[Y].[Y]. The van der Waals surface area contributed by atoms with Crippen molar-refractivity contribution in [1.82, 2.24) is 0 Å². The van der Waals surface area contributed by atoms with Crippen molar-refractivity contribution in [2.24, 2.45) is 0 Å². The molecular formula is WY4. The summed E-state index contributed by atoms with van der Waals surface area (Å²) in [5, 5.41) is 0. The van der Waals surface area contributed by atoms with Crippen LogP contribution in [0.4, 0.5) is 0 Å². The van der Waals surface area contributed by atoms with Crippen LogP contribution < -0.4 is 0 Å². The maximum Gasteiger partial charge on any atom is 0 e. The second kappa shape index (κ2) is 23.0. The van der Waals surface area contributed by atoms with E-state index in [1.54, 1.807) is 0 Å². The summed E-state index contributed by atoms with van der Waals surface area (Å²) in [5.41, 5.74) is 0. The minimum absolute atomic E-state index is 0. The first-order valence-electron chi connectivity index (χ1n) is 0. The summed E-state index contributed by atoms with van der Waals surface area (Å²) in [4.78, 5) is 0. The van der Waals surface area contributed by atoms with Crippen molar-refractivity contribution in [3.05, 3.63) is 0 Å². The molecule has 0 aromatic carbocycles. The Bertz CT molecular complexity index is 3.61. The molecule has 0 bridgehead atoms. The fourth-order valence-corrected chi connectivity index (χ4v) is 0. The van der Waals surface area contributed by atoms with Gasteiger partial charge in [0.2, 0.25) is 0 Å². The van der Waals surface area contributed by atoms with E-state index in [-0.39, 0.29) is 152 Å². The average Bonchev–Trinajstić information content (AvgIpc) is 0. The van der Waals surface area contributed by atoms with Crippen molar-refractivity contribution < 1.29 is 152 Å². The number of hydrogen-bond acceptors (Lipinski definition) is 0. The molecule has 0 aromatic heterocycles. The van der Waals surface area contributed by atoms with Crippen LogP contribution in [-0.4, -0.2) is 0 Å². The summed E-state index contributed by atoms with van der Waals surface area (Å²) in [6.07, 6.45) is 0. The normalized spacial score (nSPS) is 0. The van der Waals surface area contributed by atoms with Gasteiger partial charge in [0.1, 0.15) is 0 Å². The zero-order chi connectivity index (χ0) is 0. The zero-order valence-electron chi connectivity index (χ0n) is 2.72. The third-order valence-electron chi connectivity index (χ3n) is 0. The Morgan fingerprint density at radius 1 is 0.400 bits per heavy atom. The van der Waals surface area contributed by atoms with Crippen LogP contribution in [0.5, 0.6) is 0 Å². The molecule has 4 radical (unpaired) electrons. The van der Waals surface area contributed by atoms with Gasteiger partial charge in [-0.15, -0.1) is 0 Å². The smallest absolute Gasteiger partial charge is 0 e. The van der Waals surface area contributed by atoms with E-state index in [0.717, 1.165) is 0 Å². The molecule has 0 aromatic rings. The fourth-order valence-electron chi connectivity index (χ4n) is 0. The van der Waals surface area contributed by atoms with Crippen molar-refractivity contribution >= 4 is 0 Å². The summed E-state index contributed by atoms with van der Waals surface area (Å²) in [5.74, 6) is 0. The molecule has 0 amide bonds. The van der Waals surface area contributed by atoms with Crippen LogP contribution >= 0.6 is 0 Å². The van der Waals surface area contributed by atoms with E-state index in [1.165, 1.54) is 0 Å². The topological polar surface area (TPSA) is 0 Å². The van der Waals surface area contributed by atoms with Crippen molar-refractivity contribution in [2.45, 2.75) is 0 Å². The fraction of sp³-hybridized carbons (Fsp3) is 0. The second-order valence-corrected chi connectivity index (χ2v) is 0. The van der Waals surface area contributed by atoms with Gasteiger partial charge in [-0.05, 0) is 0 Å². The molecule has 0 spiro atoms. The van der Waals surface area contributed by atoms with E-state index in [0.29, 0.717) is 0 Å². The molecule has 0 fully saturated rings. The second-order valence-electron chi connectivity index (χ2n) is 0. The quantitative estimate of drug-likeness (QED) is 0.407. The molecule has 0 heterocycles. The molecular weight excluding hydrogens is 539 g/mol. The van der Waals surface area contributed by atoms with Crippen molar-refractivity contribution in [2.75, 3.05) is 0 Å². The van der Waals surface area contributed by atoms with Gasteiger partial charge in [0.15, 0.2) is 0 Å². The summed E-state index contributed by atoms with van der Waals surface area (Å²) < 4.78 is 0. The van der Waals surface area contributed by atoms with Crippen molar-refractivity contribution in [3.63, 3.8) is 0 Å². The van der Waals surface area contributed by atoms with Crippen LogP contribution in [0, 0.1) is 0 Å². The summed E-state index contributed by atoms with van der Waals surface area (Å²) >= 11 is 0. The molecule has 0 nitrogen and oxygen atoms in total. The van der Waals surface area contributed by atoms with E-state index < -0.39 is 0 Å². The Labute approximate surface area is 147 Å². The van der Waals surface area contributed by atoms with Crippen LogP contribution in [-0.2, 0) is 152 Å². The summed E-state index contributed by atoms with van der Waals surface area (Å²) in [7, 11) is 0. The monoisotopic (exact) mass is 540 g/mol. The van der Waals surface area contributed by atoms with Crippen molar-refractivity contribution in [1.29, 1.82) is 0 Å². The van der Waals surface area contributed by atoms with Gasteiger partial charge in [0, 0.05) is 152 Å². The molecule has 0 aliphatic heterocycles. The molecule has 0 atom stereocenters. The molecule has 5 heavy (non-hydrogen) atoms. The van der Waals surface area contributed by atoms with Crippen LogP contribution in [0.3, 0.4) is 0 Å². The molecule has 5 heteroatoms. The molecule has 0 aliphatic carbocycles. The van der Waals surface area contributed by atoms with E-state index in [1.807, 2.05) is 0 Å². The van der Waals surface area contributed by atoms with Gasteiger partial charge in [-0.25, -0.2) is 0 Å². The Morgan fingerprint density at radius 3 is 0.400 bits per heavy atom. The molecule has 0 N–H and O–H groups in total. The van der Waals surface area contributed by atoms with Gasteiger partial charge >= 0.3 is 0 Å². The van der Waals surface area contributed by atoms with Crippen LogP contribution in [0.1, 0.15) is 0 Å². The standard InChI is InChI=1S/W.4Y. The Balaban J connectivity index is 0. The third kappa shape index (κ3) is 17.6. The minimum Gasteiger partial charge on any atom is 0 e. The Hall–Kier alpha value is 5.10. The van der Waals surface area contributed by atoms with Crippen LogP contribution in [0.15, 0.2) is 0 Å². The molecule has 0 saturated heterocycles. The third-order valence-corrected chi connectivity index (χ3v) is 0. The average molecular weight is 539 g/mol.